The van der Waals surface area contributed by atoms with Gasteiger partial charge in [-0.15, -0.1) is 5.73 Å². The minimum Gasteiger partial charge on any atom is -0.179 e. The lowest BCUT2D eigenvalue weighted by atomic mass is 9.80. The summed E-state index contributed by atoms with van der Waals surface area (Å²) in [7, 11) is 0. The monoisotopic (exact) mass is 296 g/mol. The highest BCUT2D eigenvalue weighted by Crippen LogP contribution is 2.32. The molecule has 0 spiro atoms. The Balaban J connectivity index is 0.000000511. The van der Waals surface area contributed by atoms with Crippen LogP contribution < -0.4 is 0 Å². The Morgan fingerprint density at radius 3 is 2.35 bits per heavy atom. The van der Waals surface area contributed by atoms with Gasteiger partial charge in [0.05, 0.1) is 0 Å². The third-order valence-corrected chi connectivity index (χ3v) is 4.83. The lowest BCUT2D eigenvalue weighted by Crippen LogP contribution is -2.16. The van der Waals surface area contributed by atoms with Gasteiger partial charge in [0, 0.05) is 0 Å². The Morgan fingerprint density at radius 2 is 1.85 bits per heavy atom. The molecule has 0 aromatic heterocycles. The highest BCUT2D eigenvalue weighted by atomic mass is 32.1. The van der Waals surface area contributed by atoms with Crippen molar-refractivity contribution in [2.45, 2.75) is 79.1 Å². The molecule has 0 amide bonds. The van der Waals surface area contributed by atoms with Crippen molar-refractivity contribution in [2.75, 3.05) is 5.75 Å². The molecule has 20 heavy (non-hydrogen) atoms. The molecule has 0 saturated heterocycles. The molecule has 0 bridgehead atoms. The van der Waals surface area contributed by atoms with E-state index in [1.165, 1.54) is 44.9 Å². The Bertz CT molecular complexity index is 268. The van der Waals surface area contributed by atoms with Crippen molar-refractivity contribution in [3.05, 3.63) is 18.4 Å². The third kappa shape index (κ3) is 11.7. The van der Waals surface area contributed by atoms with Gasteiger partial charge in [-0.25, -0.2) is 0 Å². The van der Waals surface area contributed by atoms with E-state index in [0.29, 0.717) is 5.41 Å². The molecule has 1 fully saturated rings. The predicted molar refractivity (Wildman–Crippen MR) is 96.6 cm³/mol. The van der Waals surface area contributed by atoms with Crippen molar-refractivity contribution in [3.8, 4) is 0 Å². The molecule has 2 unspecified atom stereocenters. The second-order valence-corrected chi connectivity index (χ2v) is 7.70. The van der Waals surface area contributed by atoms with E-state index in [9.17, 15) is 0 Å². The highest BCUT2D eigenvalue weighted by Gasteiger charge is 2.20. The van der Waals surface area contributed by atoms with Crippen molar-refractivity contribution in [2.24, 2.45) is 17.3 Å². The molecule has 0 aromatic carbocycles. The molecule has 0 heterocycles. The maximum Gasteiger partial charge on any atom is -0.00694 e. The summed E-state index contributed by atoms with van der Waals surface area (Å²) in [5.41, 5.74) is 3.38. The fourth-order valence-corrected chi connectivity index (χ4v) is 2.77. The molecule has 1 saturated carbocycles. The largest absolute Gasteiger partial charge is 0.179 e. The fourth-order valence-electron chi connectivity index (χ4n) is 2.44. The summed E-state index contributed by atoms with van der Waals surface area (Å²) >= 11 is 4.40. The first-order valence-electron chi connectivity index (χ1n) is 8.38. The summed E-state index contributed by atoms with van der Waals surface area (Å²) < 4.78 is 0. The Morgan fingerprint density at radius 1 is 1.25 bits per heavy atom. The number of allylic oxidation sites excluding steroid dienone is 1. The molecule has 1 rings (SSSR count). The van der Waals surface area contributed by atoms with Gasteiger partial charge in [-0.2, -0.15) is 12.6 Å². The van der Waals surface area contributed by atoms with Crippen LogP contribution in [0.25, 0.3) is 0 Å². The van der Waals surface area contributed by atoms with E-state index in [1.54, 1.807) is 0 Å². The Labute approximate surface area is 133 Å². The van der Waals surface area contributed by atoms with Gasteiger partial charge in [0.2, 0.25) is 0 Å². The minimum absolute atomic E-state index is 0.542. The van der Waals surface area contributed by atoms with Crippen molar-refractivity contribution >= 4 is 12.6 Å². The summed E-state index contributed by atoms with van der Waals surface area (Å²) in [5, 5.41) is 0. The van der Waals surface area contributed by atoms with Crippen LogP contribution in [-0.4, -0.2) is 5.75 Å². The summed E-state index contributed by atoms with van der Waals surface area (Å²) in [6, 6.07) is 0. The van der Waals surface area contributed by atoms with Crippen LogP contribution in [0.5, 0.6) is 0 Å². The van der Waals surface area contributed by atoms with Crippen molar-refractivity contribution in [3.63, 3.8) is 0 Å². The zero-order chi connectivity index (χ0) is 15.4. The molecular formula is C19H36S. The van der Waals surface area contributed by atoms with Gasteiger partial charge in [0.25, 0.3) is 0 Å². The third-order valence-electron chi connectivity index (χ3n) is 4.32. The molecule has 0 aromatic rings. The maximum absolute atomic E-state index is 4.40. The van der Waals surface area contributed by atoms with E-state index in [-0.39, 0.29) is 0 Å². The zero-order valence-electron chi connectivity index (χ0n) is 14.3. The molecule has 1 heteroatoms. The van der Waals surface area contributed by atoms with Crippen LogP contribution >= 0.6 is 12.6 Å². The zero-order valence-corrected chi connectivity index (χ0v) is 15.1. The number of rotatable bonds is 5. The number of thiol groups is 1. The van der Waals surface area contributed by atoms with Gasteiger partial charge in [-0.1, -0.05) is 60.0 Å². The number of hydrogen-bond donors (Lipinski definition) is 1. The first-order valence-corrected chi connectivity index (χ1v) is 9.01. The Kier molecular flexibility index (Phi) is 11.4. The SMILES string of the molecule is C=C=CCCCC1CCCC(CS)C1.CCC(C)(C)C. The lowest BCUT2D eigenvalue weighted by Gasteiger charge is -2.27. The normalized spacial score (nSPS) is 22.4. The fraction of sp³-hybridized carbons (Fsp3) is 0.842. The van der Waals surface area contributed by atoms with Crippen molar-refractivity contribution < 1.29 is 0 Å². The smallest absolute Gasteiger partial charge is 0.00694 e. The van der Waals surface area contributed by atoms with Crippen molar-refractivity contribution in [1.29, 1.82) is 0 Å². The second-order valence-electron chi connectivity index (χ2n) is 7.33. The first-order chi connectivity index (χ1) is 9.42. The molecule has 0 N–H and O–H groups in total. The van der Waals surface area contributed by atoms with Gasteiger partial charge < -0.3 is 0 Å². The summed E-state index contributed by atoms with van der Waals surface area (Å²) in [6.07, 6.45) is 12.9. The van der Waals surface area contributed by atoms with E-state index in [2.05, 4.69) is 58.7 Å². The van der Waals surface area contributed by atoms with Gasteiger partial charge >= 0.3 is 0 Å². The molecule has 1 aliphatic rings. The van der Waals surface area contributed by atoms with Gasteiger partial charge in [-0.3, -0.25) is 0 Å². The van der Waals surface area contributed by atoms with Crippen LogP contribution in [0, 0.1) is 17.3 Å². The highest BCUT2D eigenvalue weighted by molar-refractivity contribution is 7.80. The maximum atomic E-state index is 4.40. The van der Waals surface area contributed by atoms with Gasteiger partial charge in [0.15, 0.2) is 0 Å². The van der Waals surface area contributed by atoms with Crippen LogP contribution in [0.15, 0.2) is 18.4 Å². The number of hydrogen-bond acceptors (Lipinski definition) is 1. The van der Waals surface area contributed by atoms with Gasteiger partial charge in [0.1, 0.15) is 0 Å². The summed E-state index contributed by atoms with van der Waals surface area (Å²) in [6.45, 7) is 12.5. The van der Waals surface area contributed by atoms with Gasteiger partial charge in [-0.05, 0) is 54.8 Å². The molecule has 0 aliphatic heterocycles. The van der Waals surface area contributed by atoms with Crippen LogP contribution in [0.1, 0.15) is 79.1 Å². The van der Waals surface area contributed by atoms with Crippen LogP contribution in [0.2, 0.25) is 0 Å². The molecule has 118 valence electrons. The number of unbranched alkanes of at least 4 members (excludes halogenated alkanes) is 1. The summed E-state index contributed by atoms with van der Waals surface area (Å²) in [5.74, 6) is 2.95. The van der Waals surface area contributed by atoms with E-state index in [0.717, 1.165) is 24.0 Å². The average Bonchev–Trinajstić information content (AvgIpc) is 2.44. The molecule has 0 radical (unpaired) electrons. The second kappa shape index (κ2) is 11.5. The van der Waals surface area contributed by atoms with Crippen LogP contribution in [0.4, 0.5) is 0 Å². The van der Waals surface area contributed by atoms with E-state index < -0.39 is 0 Å². The lowest BCUT2D eigenvalue weighted by molar-refractivity contribution is 0.270. The average molecular weight is 297 g/mol. The molecular weight excluding hydrogens is 260 g/mol. The minimum atomic E-state index is 0.542. The molecule has 1 aliphatic carbocycles. The summed E-state index contributed by atoms with van der Waals surface area (Å²) in [4.78, 5) is 0. The first kappa shape index (κ1) is 19.9. The topological polar surface area (TPSA) is 0 Å². The predicted octanol–water partition coefficient (Wildman–Crippen LogP) is 6.68. The molecule has 0 nitrogen and oxygen atoms in total. The van der Waals surface area contributed by atoms with Crippen molar-refractivity contribution in [1.82, 2.24) is 0 Å². The van der Waals surface area contributed by atoms with Crippen LogP contribution in [-0.2, 0) is 0 Å². The van der Waals surface area contributed by atoms with E-state index in [1.807, 2.05) is 0 Å². The van der Waals surface area contributed by atoms with E-state index in [4.69, 9.17) is 0 Å². The quantitative estimate of drug-likeness (QED) is 0.326. The standard InChI is InChI=1S/C13H22S.C6H14/c1-2-3-4-5-7-12-8-6-9-13(10-12)11-14;1-5-6(2,3)4/h3,12-14H,1,4-11H2;5H2,1-4H3. The molecule has 2 atom stereocenters. The Hall–Kier alpha value is -0.130. The van der Waals surface area contributed by atoms with Crippen LogP contribution in [0.3, 0.4) is 0 Å². The van der Waals surface area contributed by atoms with E-state index >= 15 is 0 Å².